The molecule has 0 saturated heterocycles. The Labute approximate surface area is 69.2 Å². The SMILES string of the molecule is CC(C)=C(/C=N\N)C(C)(C)C. The van der Waals surface area contributed by atoms with Crippen molar-refractivity contribution in [3.8, 4) is 0 Å². The van der Waals surface area contributed by atoms with Crippen molar-refractivity contribution in [1.29, 1.82) is 0 Å². The van der Waals surface area contributed by atoms with Gasteiger partial charge in [0.2, 0.25) is 0 Å². The molecule has 0 aromatic carbocycles. The maximum absolute atomic E-state index is 5.10. The smallest absolute Gasteiger partial charge is 0.0502 e. The van der Waals surface area contributed by atoms with E-state index in [0.29, 0.717) is 0 Å². The van der Waals surface area contributed by atoms with Crippen molar-refractivity contribution in [2.45, 2.75) is 34.6 Å². The van der Waals surface area contributed by atoms with Gasteiger partial charge in [0.05, 0.1) is 6.21 Å². The van der Waals surface area contributed by atoms with Crippen molar-refractivity contribution in [3.63, 3.8) is 0 Å². The van der Waals surface area contributed by atoms with Crippen molar-refractivity contribution < 1.29 is 0 Å². The van der Waals surface area contributed by atoms with E-state index in [-0.39, 0.29) is 5.41 Å². The topological polar surface area (TPSA) is 38.4 Å². The van der Waals surface area contributed by atoms with E-state index in [4.69, 9.17) is 5.84 Å². The zero-order valence-corrected chi connectivity index (χ0v) is 8.10. The Hall–Kier alpha value is -0.790. The molecule has 0 aromatic rings. The van der Waals surface area contributed by atoms with Crippen LogP contribution in [0.2, 0.25) is 0 Å². The van der Waals surface area contributed by atoms with Gasteiger partial charge in [-0.25, -0.2) is 0 Å². The van der Waals surface area contributed by atoms with Gasteiger partial charge >= 0.3 is 0 Å². The van der Waals surface area contributed by atoms with Crippen LogP contribution in [0.4, 0.5) is 0 Å². The summed E-state index contributed by atoms with van der Waals surface area (Å²) < 4.78 is 0. The van der Waals surface area contributed by atoms with Crippen LogP contribution in [-0.2, 0) is 0 Å². The fraction of sp³-hybridized carbons (Fsp3) is 0.667. The van der Waals surface area contributed by atoms with Crippen molar-refractivity contribution in [2.24, 2.45) is 16.4 Å². The van der Waals surface area contributed by atoms with E-state index < -0.39 is 0 Å². The van der Waals surface area contributed by atoms with Crippen LogP contribution >= 0.6 is 0 Å². The summed E-state index contributed by atoms with van der Waals surface area (Å²) in [5, 5.41) is 3.54. The molecule has 0 aromatic heterocycles. The van der Waals surface area contributed by atoms with E-state index in [1.165, 1.54) is 11.1 Å². The Bertz CT molecular complexity index is 178. The number of hydrazone groups is 1. The molecule has 0 radical (unpaired) electrons. The molecule has 0 unspecified atom stereocenters. The molecule has 0 bridgehead atoms. The van der Waals surface area contributed by atoms with Crippen LogP contribution in [-0.4, -0.2) is 6.21 Å². The van der Waals surface area contributed by atoms with Crippen LogP contribution in [0.25, 0.3) is 0 Å². The highest BCUT2D eigenvalue weighted by Gasteiger charge is 2.15. The van der Waals surface area contributed by atoms with Gasteiger partial charge < -0.3 is 5.84 Å². The second-order valence-corrected chi connectivity index (χ2v) is 3.94. The highest BCUT2D eigenvalue weighted by Crippen LogP contribution is 2.25. The van der Waals surface area contributed by atoms with Crippen molar-refractivity contribution in [3.05, 3.63) is 11.1 Å². The minimum atomic E-state index is 0.141. The number of hydrogen-bond acceptors (Lipinski definition) is 2. The first-order valence-corrected chi connectivity index (χ1v) is 3.81. The Morgan fingerprint density at radius 2 is 1.73 bits per heavy atom. The number of nitrogens with two attached hydrogens (primary N) is 1. The Morgan fingerprint density at radius 3 is 1.82 bits per heavy atom. The summed E-state index contributed by atoms with van der Waals surface area (Å²) >= 11 is 0. The van der Waals surface area contributed by atoms with E-state index in [0.717, 1.165) is 0 Å². The van der Waals surface area contributed by atoms with Crippen LogP contribution < -0.4 is 5.84 Å². The number of rotatable bonds is 1. The number of nitrogens with zero attached hydrogens (tertiary/aromatic N) is 1. The Balaban J connectivity index is 4.79. The van der Waals surface area contributed by atoms with Gasteiger partial charge in [-0.3, -0.25) is 0 Å². The van der Waals surface area contributed by atoms with Gasteiger partial charge in [-0.05, 0) is 24.8 Å². The third-order valence-corrected chi connectivity index (χ3v) is 1.55. The van der Waals surface area contributed by atoms with Gasteiger partial charge in [-0.1, -0.05) is 26.3 Å². The summed E-state index contributed by atoms with van der Waals surface area (Å²) in [5.41, 5.74) is 2.62. The molecule has 2 N–H and O–H groups in total. The molecule has 2 heteroatoms. The van der Waals surface area contributed by atoms with Gasteiger partial charge in [0, 0.05) is 0 Å². The standard InChI is InChI=1S/C9H18N2/c1-7(2)8(6-11-10)9(3,4)5/h6H,10H2,1-5H3/b11-6-. The second kappa shape index (κ2) is 3.56. The van der Waals surface area contributed by atoms with Crippen LogP contribution in [0.1, 0.15) is 34.6 Å². The van der Waals surface area contributed by atoms with E-state index in [2.05, 4.69) is 39.7 Å². The molecule has 0 spiro atoms. The summed E-state index contributed by atoms with van der Waals surface area (Å²) in [6.07, 6.45) is 1.73. The molecule has 0 rings (SSSR count). The van der Waals surface area contributed by atoms with Crippen LogP contribution in [0.5, 0.6) is 0 Å². The van der Waals surface area contributed by atoms with E-state index in [1.807, 2.05) is 0 Å². The summed E-state index contributed by atoms with van der Waals surface area (Å²) in [7, 11) is 0. The van der Waals surface area contributed by atoms with E-state index in [9.17, 15) is 0 Å². The predicted molar refractivity (Wildman–Crippen MR) is 50.5 cm³/mol. The maximum Gasteiger partial charge on any atom is 0.0502 e. The highest BCUT2D eigenvalue weighted by atomic mass is 15.1. The van der Waals surface area contributed by atoms with Crippen LogP contribution in [0.15, 0.2) is 16.2 Å². The van der Waals surface area contributed by atoms with Crippen molar-refractivity contribution >= 4 is 6.21 Å². The lowest BCUT2D eigenvalue weighted by Gasteiger charge is -2.21. The average molecular weight is 154 g/mol. The monoisotopic (exact) mass is 154 g/mol. The molecule has 64 valence electrons. The molecule has 11 heavy (non-hydrogen) atoms. The fourth-order valence-electron chi connectivity index (χ4n) is 1.15. The lowest BCUT2D eigenvalue weighted by Crippen LogP contribution is -2.12. The molecular formula is C9H18N2. The summed E-state index contributed by atoms with van der Waals surface area (Å²) in [6.45, 7) is 10.6. The minimum Gasteiger partial charge on any atom is -0.323 e. The normalized spacial score (nSPS) is 12.1. The van der Waals surface area contributed by atoms with Gasteiger partial charge in [0.15, 0.2) is 0 Å². The first kappa shape index (κ1) is 10.2. The molecule has 0 aliphatic carbocycles. The summed E-state index contributed by atoms with van der Waals surface area (Å²) in [5.74, 6) is 5.10. The quantitative estimate of drug-likeness (QED) is 0.351. The van der Waals surface area contributed by atoms with Crippen LogP contribution in [0, 0.1) is 5.41 Å². The lowest BCUT2D eigenvalue weighted by atomic mass is 9.84. The average Bonchev–Trinajstić information content (AvgIpc) is 1.79. The fourth-order valence-corrected chi connectivity index (χ4v) is 1.15. The minimum absolute atomic E-state index is 0.141. The van der Waals surface area contributed by atoms with Crippen LogP contribution in [0.3, 0.4) is 0 Å². The molecule has 0 aliphatic rings. The predicted octanol–water partition coefficient (Wildman–Crippen LogP) is 2.31. The van der Waals surface area contributed by atoms with Crippen molar-refractivity contribution in [1.82, 2.24) is 0 Å². The molecule has 0 fully saturated rings. The lowest BCUT2D eigenvalue weighted by molar-refractivity contribution is 0.521. The van der Waals surface area contributed by atoms with E-state index in [1.54, 1.807) is 6.21 Å². The molecular weight excluding hydrogens is 136 g/mol. The molecule has 0 heterocycles. The van der Waals surface area contributed by atoms with Gasteiger partial charge in [-0.2, -0.15) is 5.10 Å². The van der Waals surface area contributed by atoms with E-state index >= 15 is 0 Å². The third-order valence-electron chi connectivity index (χ3n) is 1.55. The second-order valence-electron chi connectivity index (χ2n) is 3.94. The molecule has 0 saturated carbocycles. The third kappa shape index (κ3) is 3.21. The molecule has 0 atom stereocenters. The number of allylic oxidation sites excluding steroid dienone is 2. The maximum atomic E-state index is 5.10. The first-order valence-electron chi connectivity index (χ1n) is 3.81. The van der Waals surface area contributed by atoms with Gasteiger partial charge in [0.25, 0.3) is 0 Å². The zero-order chi connectivity index (χ0) is 9.07. The molecule has 0 aliphatic heterocycles. The summed E-state index contributed by atoms with van der Waals surface area (Å²) in [4.78, 5) is 0. The Morgan fingerprint density at radius 1 is 1.27 bits per heavy atom. The first-order chi connectivity index (χ1) is 4.89. The largest absolute Gasteiger partial charge is 0.323 e. The van der Waals surface area contributed by atoms with Gasteiger partial charge in [-0.15, -0.1) is 0 Å². The molecule has 2 nitrogen and oxygen atoms in total. The molecule has 0 amide bonds. The zero-order valence-electron chi connectivity index (χ0n) is 8.10. The van der Waals surface area contributed by atoms with Crippen molar-refractivity contribution in [2.75, 3.05) is 0 Å². The van der Waals surface area contributed by atoms with Gasteiger partial charge in [0.1, 0.15) is 0 Å². The number of hydrogen-bond donors (Lipinski definition) is 1. The highest BCUT2D eigenvalue weighted by molar-refractivity contribution is 5.80. The summed E-state index contributed by atoms with van der Waals surface area (Å²) in [6, 6.07) is 0. The Kier molecular flexibility index (Phi) is 3.30.